The van der Waals surface area contributed by atoms with Crippen molar-refractivity contribution < 1.29 is 0 Å². The van der Waals surface area contributed by atoms with Crippen LogP contribution < -0.4 is 0 Å². The Morgan fingerprint density at radius 3 is 2.59 bits per heavy atom. The Hall–Kier alpha value is -1.87. The molecule has 0 bridgehead atoms. The Kier molecular flexibility index (Phi) is 2.34. The summed E-state index contributed by atoms with van der Waals surface area (Å²) in [6, 6.07) is 13.6. The zero-order valence-electron chi connectivity index (χ0n) is 9.26. The van der Waals surface area contributed by atoms with E-state index >= 15 is 0 Å². The highest BCUT2D eigenvalue weighted by atomic mass is 35.5. The monoisotopic (exact) mass is 243 g/mol. The Bertz CT molecular complexity index is 671. The normalized spacial score (nSPS) is 10.9. The van der Waals surface area contributed by atoms with Gasteiger partial charge in [0.2, 0.25) is 0 Å². The highest BCUT2D eigenvalue weighted by Crippen LogP contribution is 2.19. The van der Waals surface area contributed by atoms with Gasteiger partial charge in [-0.25, -0.2) is 4.68 Å². The highest BCUT2D eigenvalue weighted by molar-refractivity contribution is 6.30. The summed E-state index contributed by atoms with van der Waals surface area (Å²) in [4.78, 5) is 0. The third-order valence-electron chi connectivity index (χ3n) is 2.67. The van der Waals surface area contributed by atoms with Gasteiger partial charge in [-0.15, -0.1) is 5.10 Å². The number of nitrogens with zero attached hydrogens (tertiary/aromatic N) is 3. The van der Waals surface area contributed by atoms with Gasteiger partial charge in [0.25, 0.3) is 0 Å². The number of benzene rings is 2. The van der Waals surface area contributed by atoms with Gasteiger partial charge < -0.3 is 0 Å². The van der Waals surface area contributed by atoms with Crippen LogP contribution in [-0.4, -0.2) is 15.0 Å². The molecule has 0 atom stereocenters. The summed E-state index contributed by atoms with van der Waals surface area (Å²) >= 11 is 5.87. The average Bonchev–Trinajstić information content (AvgIpc) is 2.73. The minimum absolute atomic E-state index is 0.717. The first-order valence-corrected chi connectivity index (χ1v) is 5.70. The fourth-order valence-electron chi connectivity index (χ4n) is 1.80. The van der Waals surface area contributed by atoms with Crippen LogP contribution in [0.15, 0.2) is 42.5 Å². The predicted molar refractivity (Wildman–Crippen MR) is 68.6 cm³/mol. The van der Waals surface area contributed by atoms with Crippen molar-refractivity contribution in [1.29, 1.82) is 0 Å². The number of hydrogen-bond donors (Lipinski definition) is 0. The lowest BCUT2D eigenvalue weighted by molar-refractivity contribution is 0.824. The van der Waals surface area contributed by atoms with Crippen LogP contribution in [-0.2, 0) is 0 Å². The Morgan fingerprint density at radius 1 is 1.06 bits per heavy atom. The quantitative estimate of drug-likeness (QED) is 0.656. The second-order valence-electron chi connectivity index (χ2n) is 3.97. The van der Waals surface area contributed by atoms with E-state index in [1.54, 1.807) is 0 Å². The molecule has 0 aliphatic rings. The number of fused-ring (bicyclic) bond motifs is 1. The molecule has 0 aliphatic heterocycles. The first kappa shape index (κ1) is 10.3. The smallest absolute Gasteiger partial charge is 0.113 e. The maximum Gasteiger partial charge on any atom is 0.113 e. The van der Waals surface area contributed by atoms with Crippen molar-refractivity contribution in [3.8, 4) is 5.69 Å². The van der Waals surface area contributed by atoms with E-state index in [4.69, 9.17) is 11.6 Å². The molecule has 0 radical (unpaired) electrons. The van der Waals surface area contributed by atoms with Crippen LogP contribution in [0.5, 0.6) is 0 Å². The molecule has 0 spiro atoms. The summed E-state index contributed by atoms with van der Waals surface area (Å²) in [6.45, 7) is 2.05. The second kappa shape index (κ2) is 3.86. The summed E-state index contributed by atoms with van der Waals surface area (Å²) < 4.78 is 1.82. The highest BCUT2D eigenvalue weighted by Gasteiger charge is 2.06. The molecule has 0 saturated carbocycles. The lowest BCUT2D eigenvalue weighted by atomic mass is 10.2. The van der Waals surface area contributed by atoms with Crippen molar-refractivity contribution >= 4 is 22.6 Å². The maximum absolute atomic E-state index is 5.87. The van der Waals surface area contributed by atoms with Crippen LogP contribution in [0, 0.1) is 6.92 Å². The molecule has 0 saturated heterocycles. The Morgan fingerprint density at radius 2 is 1.82 bits per heavy atom. The zero-order chi connectivity index (χ0) is 11.8. The van der Waals surface area contributed by atoms with Gasteiger partial charge in [-0.3, -0.25) is 0 Å². The van der Waals surface area contributed by atoms with Crippen molar-refractivity contribution in [2.75, 3.05) is 0 Å². The van der Waals surface area contributed by atoms with Crippen LogP contribution in [0.2, 0.25) is 5.02 Å². The van der Waals surface area contributed by atoms with Gasteiger partial charge in [0.1, 0.15) is 5.52 Å². The number of hydrogen-bond acceptors (Lipinski definition) is 2. The van der Waals surface area contributed by atoms with Crippen molar-refractivity contribution in [2.24, 2.45) is 0 Å². The molecule has 0 N–H and O–H groups in total. The standard InChI is InChI=1S/C13H10ClN3/c1-9-2-7-12-13(8-9)17(16-15-12)11-5-3-10(14)4-6-11/h2-8H,1H3. The van der Waals surface area contributed by atoms with Crippen LogP contribution in [0.25, 0.3) is 16.7 Å². The van der Waals surface area contributed by atoms with Gasteiger partial charge in [-0.1, -0.05) is 22.9 Å². The summed E-state index contributed by atoms with van der Waals surface area (Å²) in [5, 5.41) is 9.02. The third-order valence-corrected chi connectivity index (χ3v) is 2.92. The van der Waals surface area contributed by atoms with Gasteiger partial charge in [0.15, 0.2) is 0 Å². The molecule has 0 fully saturated rings. The van der Waals surface area contributed by atoms with E-state index in [1.165, 1.54) is 5.56 Å². The van der Waals surface area contributed by atoms with E-state index in [0.29, 0.717) is 5.02 Å². The molecule has 2 aromatic carbocycles. The maximum atomic E-state index is 5.87. The van der Waals surface area contributed by atoms with Gasteiger partial charge in [0.05, 0.1) is 11.2 Å². The fourth-order valence-corrected chi connectivity index (χ4v) is 1.93. The van der Waals surface area contributed by atoms with E-state index < -0.39 is 0 Å². The minimum atomic E-state index is 0.717. The van der Waals surface area contributed by atoms with Gasteiger partial charge in [-0.2, -0.15) is 0 Å². The largest absolute Gasteiger partial charge is 0.213 e. The molecule has 4 heteroatoms. The van der Waals surface area contributed by atoms with Gasteiger partial charge in [-0.05, 0) is 48.9 Å². The average molecular weight is 244 g/mol. The third kappa shape index (κ3) is 1.78. The van der Waals surface area contributed by atoms with E-state index in [9.17, 15) is 0 Å². The molecule has 3 nitrogen and oxygen atoms in total. The molecule has 0 unspecified atom stereocenters. The van der Waals surface area contributed by atoms with Crippen LogP contribution in [0.4, 0.5) is 0 Å². The van der Waals surface area contributed by atoms with Crippen LogP contribution in [0.1, 0.15) is 5.56 Å². The lowest BCUT2D eigenvalue weighted by Gasteiger charge is -2.02. The molecule has 0 aliphatic carbocycles. The molecular formula is C13H10ClN3. The SMILES string of the molecule is Cc1ccc2nnn(-c3ccc(Cl)cc3)c2c1. The molecule has 0 amide bonds. The summed E-state index contributed by atoms with van der Waals surface area (Å²) in [5.41, 5.74) is 4.05. The number of aryl methyl sites for hydroxylation is 1. The summed E-state index contributed by atoms with van der Waals surface area (Å²) in [6.07, 6.45) is 0. The number of halogens is 1. The van der Waals surface area contributed by atoms with E-state index in [2.05, 4.69) is 23.3 Å². The van der Waals surface area contributed by atoms with Crippen molar-refractivity contribution in [2.45, 2.75) is 6.92 Å². The minimum Gasteiger partial charge on any atom is -0.213 e. The summed E-state index contributed by atoms with van der Waals surface area (Å²) in [7, 11) is 0. The van der Waals surface area contributed by atoms with E-state index in [1.807, 2.05) is 41.1 Å². The molecule has 1 heterocycles. The van der Waals surface area contributed by atoms with E-state index in [-0.39, 0.29) is 0 Å². The Labute approximate surface area is 104 Å². The van der Waals surface area contributed by atoms with Crippen molar-refractivity contribution in [3.63, 3.8) is 0 Å². The second-order valence-corrected chi connectivity index (χ2v) is 4.41. The molecular weight excluding hydrogens is 234 g/mol. The fraction of sp³-hybridized carbons (Fsp3) is 0.0769. The van der Waals surface area contributed by atoms with Crippen LogP contribution >= 0.6 is 11.6 Å². The lowest BCUT2D eigenvalue weighted by Crippen LogP contribution is -1.96. The Balaban J connectivity index is 2.23. The molecule has 3 aromatic rings. The molecule has 17 heavy (non-hydrogen) atoms. The van der Waals surface area contributed by atoms with Gasteiger partial charge in [0, 0.05) is 5.02 Å². The first-order chi connectivity index (χ1) is 8.24. The summed E-state index contributed by atoms with van der Waals surface area (Å²) in [5.74, 6) is 0. The number of rotatable bonds is 1. The predicted octanol–water partition coefficient (Wildman–Crippen LogP) is 3.38. The van der Waals surface area contributed by atoms with Crippen molar-refractivity contribution in [3.05, 3.63) is 53.1 Å². The van der Waals surface area contributed by atoms with Crippen molar-refractivity contribution in [1.82, 2.24) is 15.0 Å². The number of aromatic nitrogens is 3. The first-order valence-electron chi connectivity index (χ1n) is 5.32. The molecule has 1 aromatic heterocycles. The van der Waals surface area contributed by atoms with Crippen LogP contribution in [0.3, 0.4) is 0 Å². The molecule has 84 valence electrons. The van der Waals surface area contributed by atoms with E-state index in [0.717, 1.165) is 16.7 Å². The topological polar surface area (TPSA) is 30.7 Å². The zero-order valence-corrected chi connectivity index (χ0v) is 10.0. The van der Waals surface area contributed by atoms with Gasteiger partial charge >= 0.3 is 0 Å². The molecule has 3 rings (SSSR count).